The number of benzene rings is 1. The molecule has 2 N–H and O–H groups in total. The van der Waals surface area contributed by atoms with Crippen LogP contribution in [0, 0.1) is 5.82 Å². The van der Waals surface area contributed by atoms with Gasteiger partial charge in [-0.2, -0.15) is 0 Å². The minimum Gasteiger partial charge on any atom is -0.355 e. The molecule has 2 aliphatic heterocycles. The number of pyridine rings is 1. The van der Waals surface area contributed by atoms with Crippen molar-refractivity contribution in [2.45, 2.75) is 25.4 Å². The van der Waals surface area contributed by atoms with Gasteiger partial charge in [0.05, 0.1) is 0 Å². The Bertz CT molecular complexity index is 861. The maximum Gasteiger partial charge on any atom is 0.191 e. The summed E-state index contributed by atoms with van der Waals surface area (Å²) in [5, 5.41) is 6.89. The fraction of sp³-hybridized carbons (Fsp3) is 0.455. The Morgan fingerprint density at radius 3 is 2.83 bits per heavy atom. The molecule has 0 aliphatic carbocycles. The maximum absolute atomic E-state index is 14.0. The van der Waals surface area contributed by atoms with E-state index in [2.05, 4.69) is 49.8 Å². The van der Waals surface area contributed by atoms with Crippen molar-refractivity contribution < 1.29 is 4.39 Å². The van der Waals surface area contributed by atoms with Gasteiger partial charge in [0.1, 0.15) is 0 Å². The van der Waals surface area contributed by atoms with Crippen LogP contribution >= 0.6 is 24.0 Å². The number of fused-ring (bicyclic) bond motifs is 1. The number of guanidine groups is 1. The van der Waals surface area contributed by atoms with Crippen molar-refractivity contribution in [2.24, 2.45) is 4.99 Å². The minimum atomic E-state index is -0.265. The summed E-state index contributed by atoms with van der Waals surface area (Å²) in [6, 6.07) is 12.0. The first-order chi connectivity index (χ1) is 14.2. The number of hydrogen-bond acceptors (Lipinski definition) is 4. The van der Waals surface area contributed by atoms with Crippen LogP contribution in [0.1, 0.15) is 17.5 Å². The van der Waals surface area contributed by atoms with Gasteiger partial charge in [0, 0.05) is 58.6 Å². The van der Waals surface area contributed by atoms with E-state index in [1.165, 1.54) is 17.2 Å². The van der Waals surface area contributed by atoms with Gasteiger partial charge < -0.3 is 15.5 Å². The van der Waals surface area contributed by atoms with Crippen LogP contribution in [0.25, 0.3) is 0 Å². The average Bonchev–Trinajstić information content (AvgIpc) is 3.21. The van der Waals surface area contributed by atoms with E-state index in [0.717, 1.165) is 58.1 Å². The molecule has 1 unspecified atom stereocenters. The molecular formula is C22H30FIN6. The molecule has 1 aromatic carbocycles. The van der Waals surface area contributed by atoms with Gasteiger partial charge in [-0.3, -0.25) is 9.89 Å². The molecule has 1 atom stereocenters. The molecule has 0 spiro atoms. The summed E-state index contributed by atoms with van der Waals surface area (Å²) in [6.07, 6.45) is 3.68. The number of anilines is 1. The Balaban J connectivity index is 0.00000256. The first-order valence-electron chi connectivity index (χ1n) is 10.3. The number of aliphatic imine (C=N–C) groups is 1. The van der Waals surface area contributed by atoms with Crippen LogP contribution in [-0.4, -0.2) is 61.7 Å². The highest BCUT2D eigenvalue weighted by Gasteiger charge is 2.26. The molecule has 1 fully saturated rings. The van der Waals surface area contributed by atoms with Crippen LogP contribution in [0.4, 0.5) is 10.2 Å². The molecule has 2 aromatic rings. The third-order valence-corrected chi connectivity index (χ3v) is 5.72. The predicted octanol–water partition coefficient (Wildman–Crippen LogP) is 2.64. The fourth-order valence-electron chi connectivity index (χ4n) is 4.15. The summed E-state index contributed by atoms with van der Waals surface area (Å²) >= 11 is 0. The van der Waals surface area contributed by atoms with Crippen molar-refractivity contribution in [3.63, 3.8) is 0 Å². The number of nitrogens with zero attached hydrogens (tertiary/aromatic N) is 4. The Morgan fingerprint density at radius 1 is 1.20 bits per heavy atom. The van der Waals surface area contributed by atoms with E-state index in [-0.39, 0.29) is 35.8 Å². The lowest BCUT2D eigenvalue weighted by atomic mass is 10.00. The summed E-state index contributed by atoms with van der Waals surface area (Å²) in [5.41, 5.74) is 2.92. The topological polar surface area (TPSA) is 55.8 Å². The zero-order valence-electron chi connectivity index (χ0n) is 17.4. The van der Waals surface area contributed by atoms with Gasteiger partial charge in [-0.1, -0.05) is 24.3 Å². The summed E-state index contributed by atoms with van der Waals surface area (Å²) in [7, 11) is 1.79. The Morgan fingerprint density at radius 2 is 2.03 bits per heavy atom. The molecule has 4 rings (SSSR count). The lowest BCUT2D eigenvalue weighted by molar-refractivity contribution is 0.258. The number of rotatable bonds is 5. The summed E-state index contributed by atoms with van der Waals surface area (Å²) < 4.78 is 14.0. The van der Waals surface area contributed by atoms with Gasteiger partial charge in [-0.15, -0.1) is 24.0 Å². The Kier molecular flexibility index (Phi) is 8.26. The number of halogens is 2. The van der Waals surface area contributed by atoms with E-state index in [1.54, 1.807) is 19.3 Å². The smallest absolute Gasteiger partial charge is 0.191 e. The van der Waals surface area contributed by atoms with E-state index in [9.17, 15) is 4.39 Å². The van der Waals surface area contributed by atoms with Crippen LogP contribution in [0.2, 0.25) is 0 Å². The second-order valence-corrected chi connectivity index (χ2v) is 7.68. The molecule has 6 nitrogen and oxygen atoms in total. The number of aromatic nitrogens is 1. The van der Waals surface area contributed by atoms with Gasteiger partial charge in [0.15, 0.2) is 17.6 Å². The van der Waals surface area contributed by atoms with Gasteiger partial charge in [0.25, 0.3) is 0 Å². The maximum atomic E-state index is 14.0. The predicted molar refractivity (Wildman–Crippen MR) is 130 cm³/mol. The third kappa shape index (κ3) is 5.60. The van der Waals surface area contributed by atoms with Gasteiger partial charge in [-0.25, -0.2) is 9.37 Å². The quantitative estimate of drug-likeness (QED) is 0.358. The molecule has 2 aliphatic rings. The zero-order chi connectivity index (χ0) is 20.1. The lowest BCUT2D eigenvalue weighted by Gasteiger charge is -2.29. The zero-order valence-corrected chi connectivity index (χ0v) is 19.7. The van der Waals surface area contributed by atoms with Crippen molar-refractivity contribution >= 4 is 35.8 Å². The Labute approximate surface area is 195 Å². The molecule has 162 valence electrons. The standard InChI is InChI=1S/C22H29FN6.HI/c1-24-22(26-11-14-28-12-8-17-5-2-3-6-18(17)15-28)27-19-9-13-29(16-19)21-20(23)7-4-10-25-21;/h2-7,10,19H,8-9,11-16H2,1H3,(H2,24,26,27);1H. The first kappa shape index (κ1) is 22.7. The largest absolute Gasteiger partial charge is 0.355 e. The van der Waals surface area contributed by atoms with Crippen molar-refractivity contribution in [3.8, 4) is 0 Å². The first-order valence-corrected chi connectivity index (χ1v) is 10.3. The summed E-state index contributed by atoms with van der Waals surface area (Å²) in [5.74, 6) is 0.972. The second kappa shape index (κ2) is 10.9. The molecule has 0 radical (unpaired) electrons. The van der Waals surface area contributed by atoms with E-state index in [1.807, 2.05) is 4.90 Å². The molecule has 0 saturated carbocycles. The molecular weight excluding hydrogens is 494 g/mol. The monoisotopic (exact) mass is 524 g/mol. The molecule has 1 aromatic heterocycles. The highest BCUT2D eigenvalue weighted by atomic mass is 127. The molecule has 1 saturated heterocycles. The van der Waals surface area contributed by atoms with Gasteiger partial charge in [-0.05, 0) is 36.1 Å². The van der Waals surface area contributed by atoms with Crippen LogP contribution in [-0.2, 0) is 13.0 Å². The van der Waals surface area contributed by atoms with E-state index >= 15 is 0 Å². The summed E-state index contributed by atoms with van der Waals surface area (Å²) in [4.78, 5) is 13.0. The SMILES string of the molecule is CN=C(NCCN1CCc2ccccc2C1)NC1CCN(c2ncccc2F)C1.I. The molecule has 30 heavy (non-hydrogen) atoms. The van der Waals surface area contributed by atoms with Crippen LogP contribution < -0.4 is 15.5 Å². The van der Waals surface area contributed by atoms with Crippen molar-refractivity contribution in [3.05, 3.63) is 59.5 Å². The normalized spacial score (nSPS) is 19.2. The second-order valence-electron chi connectivity index (χ2n) is 7.68. The van der Waals surface area contributed by atoms with E-state index in [0.29, 0.717) is 5.82 Å². The van der Waals surface area contributed by atoms with Crippen LogP contribution in [0.5, 0.6) is 0 Å². The van der Waals surface area contributed by atoms with Crippen molar-refractivity contribution in [2.75, 3.05) is 44.7 Å². The van der Waals surface area contributed by atoms with Crippen LogP contribution in [0.15, 0.2) is 47.6 Å². The van der Waals surface area contributed by atoms with Crippen LogP contribution in [0.3, 0.4) is 0 Å². The van der Waals surface area contributed by atoms with Gasteiger partial charge >= 0.3 is 0 Å². The Hall–Kier alpha value is -1.94. The highest BCUT2D eigenvalue weighted by Crippen LogP contribution is 2.21. The van der Waals surface area contributed by atoms with Gasteiger partial charge in [0.2, 0.25) is 0 Å². The molecule has 3 heterocycles. The van der Waals surface area contributed by atoms with E-state index in [4.69, 9.17) is 0 Å². The fourth-order valence-corrected chi connectivity index (χ4v) is 4.15. The molecule has 0 amide bonds. The minimum absolute atomic E-state index is 0. The lowest BCUT2D eigenvalue weighted by Crippen LogP contribution is -2.47. The number of nitrogens with one attached hydrogen (secondary N) is 2. The summed E-state index contributed by atoms with van der Waals surface area (Å²) in [6.45, 7) is 5.43. The highest BCUT2D eigenvalue weighted by molar-refractivity contribution is 14.0. The third-order valence-electron chi connectivity index (χ3n) is 5.72. The molecule has 8 heteroatoms. The number of hydrogen-bond donors (Lipinski definition) is 2. The van der Waals surface area contributed by atoms with E-state index < -0.39 is 0 Å². The average molecular weight is 524 g/mol. The molecule has 0 bridgehead atoms. The van der Waals surface area contributed by atoms with Crippen molar-refractivity contribution in [1.82, 2.24) is 20.5 Å². The van der Waals surface area contributed by atoms with Crippen molar-refractivity contribution in [1.29, 1.82) is 0 Å².